The average Bonchev–Trinajstić information content (AvgIpc) is 2.78. The molecule has 0 amide bonds. The van der Waals surface area contributed by atoms with E-state index >= 15 is 0 Å². The van der Waals surface area contributed by atoms with Crippen molar-refractivity contribution in [1.82, 2.24) is 0 Å². The number of aliphatic hydroxyl groups is 1. The van der Waals surface area contributed by atoms with Crippen LogP contribution in [0.5, 0.6) is 0 Å². The lowest BCUT2D eigenvalue weighted by Crippen LogP contribution is -2.66. The van der Waals surface area contributed by atoms with E-state index in [1.54, 1.807) is 0 Å². The fourth-order valence-corrected chi connectivity index (χ4v) is 6.85. The summed E-state index contributed by atoms with van der Waals surface area (Å²) in [6.07, 6.45) is 4.63. The molecule has 0 saturated heterocycles. The van der Waals surface area contributed by atoms with Crippen LogP contribution in [0.2, 0.25) is 0 Å². The zero-order valence-corrected chi connectivity index (χ0v) is 18.7. The van der Waals surface area contributed by atoms with E-state index in [1.807, 2.05) is 74.5 Å². The van der Waals surface area contributed by atoms with Crippen LogP contribution in [0.3, 0.4) is 0 Å². The SMILES string of the molecule is CC(C)(CCO)O[Si](OC/C=C/c1ccccc1)(c1ccccc1)c1ccccc1. The van der Waals surface area contributed by atoms with Gasteiger partial charge in [-0.1, -0.05) is 103 Å². The van der Waals surface area contributed by atoms with Gasteiger partial charge in [-0.05, 0) is 36.2 Å². The third kappa shape index (κ3) is 5.77. The minimum Gasteiger partial charge on any atom is -0.396 e. The van der Waals surface area contributed by atoms with Crippen molar-refractivity contribution in [2.45, 2.75) is 25.9 Å². The van der Waals surface area contributed by atoms with E-state index in [0.717, 1.165) is 15.9 Å². The molecule has 156 valence electrons. The molecule has 0 aromatic heterocycles. The second-order valence-electron chi connectivity index (χ2n) is 7.81. The summed E-state index contributed by atoms with van der Waals surface area (Å²) in [7, 11) is -3.02. The highest BCUT2D eigenvalue weighted by molar-refractivity contribution is 6.92. The van der Waals surface area contributed by atoms with Crippen LogP contribution >= 0.6 is 0 Å². The highest BCUT2D eigenvalue weighted by Crippen LogP contribution is 2.22. The lowest BCUT2D eigenvalue weighted by Gasteiger charge is -2.38. The van der Waals surface area contributed by atoms with Gasteiger partial charge in [-0.3, -0.25) is 0 Å². The minimum atomic E-state index is -3.02. The molecule has 0 heterocycles. The molecule has 0 atom stereocenters. The summed E-state index contributed by atoms with van der Waals surface area (Å²) >= 11 is 0. The van der Waals surface area contributed by atoms with Crippen molar-refractivity contribution in [3.63, 3.8) is 0 Å². The smallest absolute Gasteiger partial charge is 0.396 e. The average molecular weight is 419 g/mol. The van der Waals surface area contributed by atoms with Crippen molar-refractivity contribution in [2.24, 2.45) is 0 Å². The molecule has 3 aromatic rings. The van der Waals surface area contributed by atoms with Crippen molar-refractivity contribution in [1.29, 1.82) is 0 Å². The van der Waals surface area contributed by atoms with Gasteiger partial charge in [0.05, 0.1) is 12.2 Å². The van der Waals surface area contributed by atoms with Crippen molar-refractivity contribution in [2.75, 3.05) is 13.2 Å². The van der Waals surface area contributed by atoms with Crippen LogP contribution in [0.15, 0.2) is 97.1 Å². The van der Waals surface area contributed by atoms with E-state index in [9.17, 15) is 5.11 Å². The first-order chi connectivity index (χ1) is 14.6. The largest absolute Gasteiger partial charge is 0.407 e. The van der Waals surface area contributed by atoms with E-state index in [4.69, 9.17) is 8.85 Å². The van der Waals surface area contributed by atoms with Gasteiger partial charge in [0.25, 0.3) is 0 Å². The van der Waals surface area contributed by atoms with Gasteiger partial charge in [0.15, 0.2) is 0 Å². The monoisotopic (exact) mass is 418 g/mol. The predicted octanol–water partition coefficient (Wildman–Crippen LogP) is 4.15. The number of hydrogen-bond acceptors (Lipinski definition) is 3. The van der Waals surface area contributed by atoms with Crippen LogP contribution in [0.4, 0.5) is 0 Å². The summed E-state index contributed by atoms with van der Waals surface area (Å²) in [5.74, 6) is 0. The summed E-state index contributed by atoms with van der Waals surface area (Å²) in [4.78, 5) is 0. The summed E-state index contributed by atoms with van der Waals surface area (Å²) in [5.41, 5.74) is 0.602. The minimum absolute atomic E-state index is 0.0645. The molecule has 0 unspecified atom stereocenters. The van der Waals surface area contributed by atoms with Gasteiger partial charge in [0, 0.05) is 6.61 Å². The highest BCUT2D eigenvalue weighted by atomic mass is 28.4. The molecule has 3 rings (SSSR count). The maximum absolute atomic E-state index is 9.56. The van der Waals surface area contributed by atoms with Crippen molar-refractivity contribution >= 4 is 25.0 Å². The van der Waals surface area contributed by atoms with E-state index in [1.165, 1.54) is 0 Å². The third-order valence-corrected chi connectivity index (χ3v) is 8.53. The normalized spacial score (nSPS) is 12.4. The second kappa shape index (κ2) is 10.5. The molecule has 3 aromatic carbocycles. The standard InChI is InChI=1S/C26H30O3Si/c1-26(2,20-21-27)29-30(24-16-8-4-9-17-24,25-18-10-5-11-19-25)28-22-12-15-23-13-6-3-7-14-23/h3-19,27H,20-22H2,1-2H3/b15-12+. The molecule has 3 nitrogen and oxygen atoms in total. The third-order valence-electron chi connectivity index (χ3n) is 4.93. The highest BCUT2D eigenvalue weighted by Gasteiger charge is 2.46. The molecular formula is C26H30O3Si. The molecule has 30 heavy (non-hydrogen) atoms. The Labute approximate surface area is 180 Å². The zero-order valence-electron chi connectivity index (χ0n) is 17.7. The van der Waals surface area contributed by atoms with E-state index in [0.29, 0.717) is 13.0 Å². The number of benzene rings is 3. The Balaban J connectivity index is 1.98. The Hall–Kier alpha value is -2.50. The lowest BCUT2D eigenvalue weighted by atomic mass is 10.1. The predicted molar refractivity (Wildman–Crippen MR) is 126 cm³/mol. The van der Waals surface area contributed by atoms with Crippen LogP contribution in [0.1, 0.15) is 25.8 Å². The van der Waals surface area contributed by atoms with Crippen LogP contribution in [-0.2, 0) is 8.85 Å². The van der Waals surface area contributed by atoms with Crippen molar-refractivity contribution in [3.8, 4) is 0 Å². The van der Waals surface area contributed by atoms with Gasteiger partial charge in [-0.25, -0.2) is 0 Å². The van der Waals surface area contributed by atoms with E-state index in [2.05, 4.69) is 42.5 Å². The molecule has 0 radical (unpaired) electrons. The Bertz CT molecular complexity index is 869. The van der Waals surface area contributed by atoms with Gasteiger partial charge in [-0.2, -0.15) is 0 Å². The number of hydrogen-bond donors (Lipinski definition) is 1. The molecule has 1 N–H and O–H groups in total. The summed E-state index contributed by atoms with van der Waals surface area (Å²) in [6, 6.07) is 30.6. The first-order valence-corrected chi connectivity index (χ1v) is 12.1. The van der Waals surface area contributed by atoms with Gasteiger partial charge in [0.2, 0.25) is 0 Å². The quantitative estimate of drug-likeness (QED) is 0.503. The van der Waals surface area contributed by atoms with Gasteiger partial charge in [-0.15, -0.1) is 0 Å². The Morgan fingerprint density at radius 3 is 1.80 bits per heavy atom. The molecule has 0 aliphatic rings. The molecule has 0 bridgehead atoms. The molecule has 4 heteroatoms. The van der Waals surface area contributed by atoms with Gasteiger partial charge in [0.1, 0.15) is 0 Å². The van der Waals surface area contributed by atoms with Crippen LogP contribution in [-0.4, -0.2) is 32.5 Å². The van der Waals surface area contributed by atoms with Crippen molar-refractivity contribution in [3.05, 3.63) is 103 Å². The molecule has 0 spiro atoms. The van der Waals surface area contributed by atoms with E-state index < -0.39 is 14.2 Å². The topological polar surface area (TPSA) is 38.7 Å². The Morgan fingerprint density at radius 2 is 1.30 bits per heavy atom. The molecule has 0 fully saturated rings. The first kappa shape index (κ1) is 22.2. The fourth-order valence-electron chi connectivity index (χ4n) is 3.42. The second-order valence-corrected chi connectivity index (χ2v) is 10.7. The van der Waals surface area contributed by atoms with Crippen LogP contribution in [0, 0.1) is 0 Å². The van der Waals surface area contributed by atoms with Gasteiger partial charge < -0.3 is 14.0 Å². The summed E-state index contributed by atoms with van der Waals surface area (Å²) in [6.45, 7) is 4.52. The zero-order chi connectivity index (χ0) is 21.3. The Morgan fingerprint density at radius 1 is 0.800 bits per heavy atom. The van der Waals surface area contributed by atoms with E-state index in [-0.39, 0.29) is 6.61 Å². The maximum atomic E-state index is 9.56. The fraction of sp³-hybridized carbons (Fsp3) is 0.231. The summed E-state index contributed by atoms with van der Waals surface area (Å²) in [5, 5.41) is 11.7. The summed E-state index contributed by atoms with van der Waals surface area (Å²) < 4.78 is 13.5. The number of aliphatic hydroxyl groups excluding tert-OH is 1. The van der Waals surface area contributed by atoms with Gasteiger partial charge >= 0.3 is 8.56 Å². The number of rotatable bonds is 10. The lowest BCUT2D eigenvalue weighted by molar-refractivity contribution is 0.0430. The molecule has 0 aliphatic carbocycles. The van der Waals surface area contributed by atoms with Crippen LogP contribution in [0.25, 0.3) is 6.08 Å². The Kier molecular flexibility index (Phi) is 7.77. The molecule has 0 aliphatic heterocycles. The maximum Gasteiger partial charge on any atom is 0.407 e. The van der Waals surface area contributed by atoms with Crippen molar-refractivity contribution < 1.29 is 14.0 Å². The first-order valence-electron chi connectivity index (χ1n) is 10.3. The molecule has 0 saturated carbocycles. The van der Waals surface area contributed by atoms with Crippen LogP contribution < -0.4 is 10.4 Å². The molecular weight excluding hydrogens is 388 g/mol.